The Kier molecular flexibility index (Phi) is 3.91. The Morgan fingerprint density at radius 3 is 2.48 bits per heavy atom. The molecule has 0 saturated heterocycles. The summed E-state index contributed by atoms with van der Waals surface area (Å²) < 4.78 is 1.83. The number of azo groups is 1. The van der Waals surface area contributed by atoms with E-state index in [-0.39, 0.29) is 5.41 Å². The number of aromatic nitrogens is 6. The maximum Gasteiger partial charge on any atom is 0.203 e. The Labute approximate surface area is 156 Å². The average molecular weight is 361 g/mol. The van der Waals surface area contributed by atoms with Gasteiger partial charge >= 0.3 is 0 Å². The van der Waals surface area contributed by atoms with Crippen molar-refractivity contribution in [2.45, 2.75) is 40.0 Å². The van der Waals surface area contributed by atoms with Crippen molar-refractivity contribution in [1.29, 1.82) is 0 Å². The smallest absolute Gasteiger partial charge is 0.203 e. The highest BCUT2D eigenvalue weighted by molar-refractivity contribution is 5.75. The first-order valence-corrected chi connectivity index (χ1v) is 8.77. The van der Waals surface area contributed by atoms with Crippen molar-refractivity contribution in [3.8, 4) is 11.1 Å². The molecule has 4 aromatic rings. The number of nitrogens with one attached hydrogen (secondary N) is 1. The first kappa shape index (κ1) is 17.1. The van der Waals surface area contributed by atoms with Crippen LogP contribution in [0.3, 0.4) is 0 Å². The van der Waals surface area contributed by atoms with Crippen LogP contribution < -0.4 is 5.10 Å². The Morgan fingerprint density at radius 2 is 1.78 bits per heavy atom. The molecule has 0 unspecified atom stereocenters. The minimum absolute atomic E-state index is 0.155. The Hall–Kier alpha value is -3.29. The number of hydrogen-bond donors (Lipinski definition) is 1. The molecule has 0 fully saturated rings. The first-order chi connectivity index (χ1) is 12.9. The molecule has 8 heteroatoms. The lowest BCUT2D eigenvalue weighted by atomic mass is 9.91. The number of aryl methyl sites for hydroxylation is 2. The highest BCUT2D eigenvalue weighted by Crippen LogP contribution is 2.36. The van der Waals surface area contributed by atoms with Gasteiger partial charge in [-0.05, 0) is 25.2 Å². The van der Waals surface area contributed by atoms with Crippen molar-refractivity contribution in [2.75, 3.05) is 0 Å². The van der Waals surface area contributed by atoms with Crippen LogP contribution in [0.4, 0.5) is 11.5 Å². The third-order valence-electron chi connectivity index (χ3n) is 4.43. The van der Waals surface area contributed by atoms with Crippen LogP contribution in [0.1, 0.15) is 38.0 Å². The second-order valence-corrected chi connectivity index (χ2v) is 7.54. The highest BCUT2D eigenvalue weighted by atomic mass is 15.4. The van der Waals surface area contributed by atoms with E-state index in [1.165, 1.54) is 0 Å². The van der Waals surface area contributed by atoms with E-state index in [1.54, 1.807) is 0 Å². The fraction of sp³-hybridized carbons (Fsp3) is 0.316. The zero-order chi connectivity index (χ0) is 19.2. The molecule has 0 aliphatic heterocycles. The molecule has 138 valence electrons. The van der Waals surface area contributed by atoms with Gasteiger partial charge in [0.15, 0.2) is 0 Å². The molecule has 4 rings (SSSR count). The fourth-order valence-electron chi connectivity index (χ4n) is 3.04. The number of benzene rings is 1. The molecule has 0 saturated carbocycles. The molecule has 1 N–H and O–H groups in total. The quantitative estimate of drug-likeness (QED) is 0.547. The first-order valence-electron chi connectivity index (χ1n) is 8.77. The van der Waals surface area contributed by atoms with E-state index in [1.807, 2.05) is 48.7 Å². The van der Waals surface area contributed by atoms with Gasteiger partial charge in [-0.15, -0.1) is 10.2 Å². The second-order valence-electron chi connectivity index (χ2n) is 7.54. The summed E-state index contributed by atoms with van der Waals surface area (Å²) >= 11 is 0. The monoisotopic (exact) mass is 361 g/mol. The van der Waals surface area contributed by atoms with Crippen LogP contribution >= 0.6 is 0 Å². The number of hydrogen-bond acceptors (Lipinski definition) is 5. The van der Waals surface area contributed by atoms with Crippen molar-refractivity contribution < 1.29 is 0 Å². The van der Waals surface area contributed by atoms with Crippen molar-refractivity contribution >= 4 is 17.2 Å². The molecule has 0 radical (unpaired) electrons. The molecule has 8 nitrogen and oxygen atoms in total. The van der Waals surface area contributed by atoms with E-state index < -0.39 is 0 Å². The van der Waals surface area contributed by atoms with Crippen molar-refractivity contribution in [1.82, 2.24) is 30.0 Å². The van der Waals surface area contributed by atoms with Crippen LogP contribution in [0.15, 0.2) is 40.6 Å². The van der Waals surface area contributed by atoms with E-state index in [0.717, 1.165) is 28.3 Å². The standard InChI is InChI=1S/C19H21N8/c1-11-14(13-9-7-6-8-10-13)17(23-20-11)24-22-15-16(19(3,4)5)26-27-12(2)21-25-18(15)27/h6-10,26H,1-5H3/q-1. The van der Waals surface area contributed by atoms with Gasteiger partial charge in [-0.3, -0.25) is 15.3 Å². The van der Waals surface area contributed by atoms with E-state index >= 15 is 0 Å². The highest BCUT2D eigenvalue weighted by Gasteiger charge is 2.24. The predicted molar refractivity (Wildman–Crippen MR) is 103 cm³/mol. The lowest BCUT2D eigenvalue weighted by Crippen LogP contribution is -2.12. The maximum atomic E-state index is 4.51. The number of nitrogens with zero attached hydrogens (tertiary/aromatic N) is 7. The summed E-state index contributed by atoms with van der Waals surface area (Å²) in [5.41, 5.74) is 4.84. The SMILES string of the molecule is Cc1n[n-]c(N=Nc2c(C(C)(C)C)[nH]n3c(C)nnc23)c1-c1ccccc1. The maximum absolute atomic E-state index is 4.51. The van der Waals surface area contributed by atoms with E-state index in [9.17, 15) is 0 Å². The molecule has 0 amide bonds. The zero-order valence-corrected chi connectivity index (χ0v) is 16.0. The van der Waals surface area contributed by atoms with Gasteiger partial charge < -0.3 is 10.2 Å². The van der Waals surface area contributed by atoms with Gasteiger partial charge in [-0.25, -0.2) is 4.52 Å². The molecule has 0 bridgehead atoms. The van der Waals surface area contributed by atoms with Crippen LogP contribution in [-0.4, -0.2) is 24.9 Å². The lowest BCUT2D eigenvalue weighted by molar-refractivity contribution is 0.561. The molecule has 3 aromatic heterocycles. The average Bonchev–Trinajstić information content (AvgIpc) is 3.28. The van der Waals surface area contributed by atoms with Gasteiger partial charge in [0.1, 0.15) is 11.5 Å². The number of fused-ring (bicyclic) bond motifs is 1. The number of rotatable bonds is 3. The number of H-pyrrole nitrogens is 1. The van der Waals surface area contributed by atoms with Gasteiger partial charge in [0.25, 0.3) is 0 Å². The topological polar surface area (TPSA) is 97.7 Å². The third kappa shape index (κ3) is 2.92. The minimum Gasteiger partial charge on any atom is -0.352 e. The molecule has 1 aromatic carbocycles. The van der Waals surface area contributed by atoms with Crippen LogP contribution in [0.25, 0.3) is 16.8 Å². The third-order valence-corrected chi connectivity index (χ3v) is 4.43. The van der Waals surface area contributed by atoms with Crippen molar-refractivity contribution in [3.63, 3.8) is 0 Å². The molecular formula is C19H21N8-. The van der Waals surface area contributed by atoms with Crippen molar-refractivity contribution in [3.05, 3.63) is 47.5 Å². The largest absolute Gasteiger partial charge is 0.352 e. The van der Waals surface area contributed by atoms with Gasteiger partial charge in [0.2, 0.25) is 5.65 Å². The summed E-state index contributed by atoms with van der Waals surface area (Å²) in [7, 11) is 0. The zero-order valence-electron chi connectivity index (χ0n) is 16.0. The normalized spacial score (nSPS) is 12.5. The number of aromatic amines is 1. The van der Waals surface area contributed by atoms with E-state index in [4.69, 9.17) is 0 Å². The minimum atomic E-state index is -0.155. The Balaban J connectivity index is 1.83. The summed E-state index contributed by atoms with van der Waals surface area (Å²) in [5, 5.41) is 29.0. The molecule has 27 heavy (non-hydrogen) atoms. The van der Waals surface area contributed by atoms with Crippen LogP contribution in [-0.2, 0) is 5.41 Å². The molecule has 0 aliphatic carbocycles. The fourth-order valence-corrected chi connectivity index (χ4v) is 3.04. The lowest BCUT2D eigenvalue weighted by Gasteiger charge is -2.17. The summed E-state index contributed by atoms with van der Waals surface area (Å²) in [5.74, 6) is 1.26. The predicted octanol–water partition coefficient (Wildman–Crippen LogP) is 4.41. The van der Waals surface area contributed by atoms with Gasteiger partial charge in [0.05, 0.1) is 5.69 Å². The van der Waals surface area contributed by atoms with Crippen LogP contribution in [0, 0.1) is 13.8 Å². The molecule has 3 heterocycles. The Morgan fingerprint density at radius 1 is 1.04 bits per heavy atom. The second kappa shape index (κ2) is 6.15. The summed E-state index contributed by atoms with van der Waals surface area (Å²) in [6.07, 6.45) is 0. The summed E-state index contributed by atoms with van der Waals surface area (Å²) in [4.78, 5) is 0. The summed E-state index contributed by atoms with van der Waals surface area (Å²) in [6.45, 7) is 10.2. The van der Waals surface area contributed by atoms with Crippen LogP contribution in [0.5, 0.6) is 0 Å². The Bertz CT molecular complexity index is 1120. The van der Waals surface area contributed by atoms with E-state index in [0.29, 0.717) is 17.2 Å². The summed E-state index contributed by atoms with van der Waals surface area (Å²) in [6, 6.07) is 9.97. The van der Waals surface area contributed by atoms with Crippen LogP contribution in [0.2, 0.25) is 0 Å². The molecule has 0 atom stereocenters. The van der Waals surface area contributed by atoms with Gasteiger partial charge in [0, 0.05) is 16.7 Å². The molecule has 0 spiro atoms. The molecular weight excluding hydrogens is 340 g/mol. The van der Waals surface area contributed by atoms with Crippen molar-refractivity contribution in [2.24, 2.45) is 10.2 Å². The van der Waals surface area contributed by atoms with Gasteiger partial charge in [-0.2, -0.15) is 0 Å². The molecule has 0 aliphatic rings. The van der Waals surface area contributed by atoms with Gasteiger partial charge in [-0.1, -0.05) is 51.1 Å². The van der Waals surface area contributed by atoms with E-state index in [2.05, 4.69) is 56.5 Å².